The van der Waals surface area contributed by atoms with Crippen LogP contribution < -0.4 is 15.9 Å². The van der Waals surface area contributed by atoms with Crippen molar-refractivity contribution in [2.24, 2.45) is 5.73 Å². The molecule has 12 heavy (non-hydrogen) atoms. The zero-order chi connectivity index (χ0) is 9.14. The molecule has 0 saturated carbocycles. The molecule has 4 N–H and O–H groups in total. The minimum absolute atomic E-state index is 0.230. The van der Waals surface area contributed by atoms with E-state index in [9.17, 15) is 0 Å². The Hall–Kier alpha value is -0.625. The topological polar surface area (TPSA) is 88.6 Å². The van der Waals surface area contributed by atoms with Gasteiger partial charge in [0.05, 0.1) is 12.6 Å². The first-order valence-electron chi connectivity index (χ1n) is 3.29. The quantitative estimate of drug-likeness (QED) is 0.491. The Labute approximate surface area is 74.1 Å². The Morgan fingerprint density at radius 2 is 2.33 bits per heavy atom. The maximum absolute atomic E-state index is 8.92. The highest BCUT2D eigenvalue weighted by molar-refractivity contribution is 7.07. The highest BCUT2D eigenvalue weighted by Crippen LogP contribution is 2.12. The predicted molar refractivity (Wildman–Crippen MR) is 46.4 cm³/mol. The number of ether oxygens (including phenoxy) is 1. The van der Waals surface area contributed by atoms with Crippen molar-refractivity contribution in [1.82, 2.24) is 4.37 Å². The smallest absolute Gasteiger partial charge is 0.481 e. The summed E-state index contributed by atoms with van der Waals surface area (Å²) in [7, 11) is -0.154. The summed E-state index contributed by atoms with van der Waals surface area (Å²) in [5, 5.41) is 17.8. The summed E-state index contributed by atoms with van der Waals surface area (Å²) in [6.45, 7) is 0.230. The van der Waals surface area contributed by atoms with Crippen LogP contribution in [0.5, 0.6) is 5.88 Å². The third-order valence-corrected chi connectivity index (χ3v) is 2.27. The third kappa shape index (κ3) is 1.58. The van der Waals surface area contributed by atoms with Crippen LogP contribution in [-0.4, -0.2) is 28.6 Å². The largest absolute Gasteiger partial charge is 0.495 e. The zero-order valence-corrected chi connectivity index (χ0v) is 7.34. The molecule has 66 valence electrons. The number of aromatic nitrogens is 1. The number of nitrogens with two attached hydrogens (primary N) is 1. The molecule has 0 atom stereocenters. The Morgan fingerprint density at radius 3 is 2.75 bits per heavy atom. The molecule has 0 saturated heterocycles. The lowest BCUT2D eigenvalue weighted by atomic mass is 9.80. The normalized spacial score (nSPS) is 10.0. The molecule has 0 aliphatic carbocycles. The molecule has 7 heteroatoms. The van der Waals surface area contributed by atoms with Gasteiger partial charge in [-0.25, -0.2) is 0 Å². The van der Waals surface area contributed by atoms with E-state index < -0.39 is 7.12 Å². The fraction of sp³-hybridized carbons (Fsp3) is 0.400. The summed E-state index contributed by atoms with van der Waals surface area (Å²) in [5.41, 5.74) is 5.62. The van der Waals surface area contributed by atoms with Gasteiger partial charge in [-0.3, -0.25) is 0 Å². The molecule has 5 nitrogen and oxygen atoms in total. The monoisotopic (exact) mass is 188 g/mol. The molecule has 0 aliphatic heterocycles. The maximum Gasteiger partial charge on any atom is 0.495 e. The minimum atomic E-state index is -1.57. The van der Waals surface area contributed by atoms with Crippen molar-refractivity contribution in [3.05, 3.63) is 4.88 Å². The van der Waals surface area contributed by atoms with Gasteiger partial charge in [0.15, 0.2) is 0 Å². The number of hydrogen-bond donors (Lipinski definition) is 3. The van der Waals surface area contributed by atoms with Crippen LogP contribution in [0.4, 0.5) is 0 Å². The summed E-state index contributed by atoms with van der Waals surface area (Å²) in [5.74, 6) is 0.232. The van der Waals surface area contributed by atoms with Crippen LogP contribution in [0, 0.1) is 0 Å². The van der Waals surface area contributed by atoms with Crippen molar-refractivity contribution < 1.29 is 14.8 Å². The molecular formula is C5H9BN2O3S. The van der Waals surface area contributed by atoms with E-state index >= 15 is 0 Å². The van der Waals surface area contributed by atoms with Crippen LogP contribution in [0.3, 0.4) is 0 Å². The molecule has 0 fully saturated rings. The highest BCUT2D eigenvalue weighted by atomic mass is 32.1. The Balaban J connectivity index is 3.07. The summed E-state index contributed by atoms with van der Waals surface area (Å²) < 4.78 is 8.66. The van der Waals surface area contributed by atoms with Crippen LogP contribution in [0.15, 0.2) is 0 Å². The highest BCUT2D eigenvalue weighted by Gasteiger charge is 2.24. The van der Waals surface area contributed by atoms with E-state index in [1.54, 1.807) is 0 Å². The van der Waals surface area contributed by atoms with Crippen molar-refractivity contribution in [3.8, 4) is 5.88 Å². The van der Waals surface area contributed by atoms with Crippen molar-refractivity contribution in [2.75, 3.05) is 7.11 Å². The van der Waals surface area contributed by atoms with Gasteiger partial charge >= 0.3 is 7.12 Å². The van der Waals surface area contributed by atoms with E-state index in [0.717, 1.165) is 11.5 Å². The van der Waals surface area contributed by atoms with Gasteiger partial charge in [0.1, 0.15) is 0 Å². The maximum atomic E-state index is 8.92. The van der Waals surface area contributed by atoms with E-state index in [-0.39, 0.29) is 17.9 Å². The van der Waals surface area contributed by atoms with E-state index in [1.807, 2.05) is 0 Å². The molecular weight excluding hydrogens is 179 g/mol. The summed E-state index contributed by atoms with van der Waals surface area (Å²) in [6, 6.07) is 0. The van der Waals surface area contributed by atoms with Gasteiger partial charge in [0, 0.05) is 11.4 Å². The van der Waals surface area contributed by atoms with Crippen LogP contribution in [-0.2, 0) is 6.54 Å². The molecule has 1 aromatic heterocycles. The second-order valence-electron chi connectivity index (χ2n) is 2.11. The van der Waals surface area contributed by atoms with E-state index in [1.165, 1.54) is 7.11 Å². The number of hydrogen-bond acceptors (Lipinski definition) is 6. The molecule has 0 spiro atoms. The first-order valence-corrected chi connectivity index (χ1v) is 4.06. The first-order chi connectivity index (χ1) is 5.70. The molecule has 0 amide bonds. The minimum Gasteiger partial charge on any atom is -0.481 e. The molecule has 0 unspecified atom stereocenters. The number of nitrogens with zero attached hydrogens (tertiary/aromatic N) is 1. The van der Waals surface area contributed by atoms with Crippen molar-refractivity contribution in [2.45, 2.75) is 6.54 Å². The molecule has 0 aliphatic rings. The van der Waals surface area contributed by atoms with Gasteiger partial charge in [-0.15, -0.1) is 0 Å². The van der Waals surface area contributed by atoms with Crippen LogP contribution in [0.2, 0.25) is 0 Å². The van der Waals surface area contributed by atoms with Crippen LogP contribution >= 0.6 is 11.5 Å². The zero-order valence-electron chi connectivity index (χ0n) is 6.52. The third-order valence-electron chi connectivity index (χ3n) is 1.41. The van der Waals surface area contributed by atoms with Crippen molar-refractivity contribution in [3.63, 3.8) is 0 Å². The van der Waals surface area contributed by atoms with Gasteiger partial charge in [-0.05, 0) is 11.5 Å². The lowest BCUT2D eigenvalue weighted by molar-refractivity contribution is 0.394. The predicted octanol–water partition coefficient (Wildman–Crippen LogP) is -1.71. The van der Waals surface area contributed by atoms with Gasteiger partial charge < -0.3 is 20.5 Å². The van der Waals surface area contributed by atoms with Crippen molar-refractivity contribution >= 4 is 24.1 Å². The van der Waals surface area contributed by atoms with Crippen LogP contribution in [0.1, 0.15) is 4.88 Å². The van der Waals surface area contributed by atoms with Gasteiger partial charge in [0.25, 0.3) is 0 Å². The first kappa shape index (κ1) is 9.46. The SMILES string of the molecule is COc1nsc(CN)c1B(O)O. The molecule has 0 aromatic carbocycles. The van der Waals surface area contributed by atoms with E-state index in [4.69, 9.17) is 20.5 Å². The molecule has 0 bridgehead atoms. The standard InChI is InChI=1S/C5H9BN2O3S/c1-11-5-4(6(9)10)3(2-7)12-8-5/h9-10H,2,7H2,1H3. The summed E-state index contributed by atoms with van der Waals surface area (Å²) in [6.07, 6.45) is 0. The molecule has 1 heterocycles. The Kier molecular flexibility index (Phi) is 3.04. The second kappa shape index (κ2) is 3.86. The lowest BCUT2D eigenvalue weighted by Crippen LogP contribution is -2.33. The fourth-order valence-electron chi connectivity index (χ4n) is 0.863. The average molecular weight is 188 g/mol. The molecule has 1 rings (SSSR count). The van der Waals surface area contributed by atoms with E-state index in [0.29, 0.717) is 4.88 Å². The fourth-order valence-corrected chi connectivity index (χ4v) is 1.59. The van der Waals surface area contributed by atoms with E-state index in [2.05, 4.69) is 4.37 Å². The Bertz CT molecular complexity index is 244. The summed E-state index contributed by atoms with van der Waals surface area (Å²) in [4.78, 5) is 0.627. The molecule has 1 aromatic rings. The summed E-state index contributed by atoms with van der Waals surface area (Å²) >= 11 is 1.11. The lowest BCUT2D eigenvalue weighted by Gasteiger charge is -2.00. The average Bonchev–Trinajstić information content (AvgIpc) is 2.46. The number of rotatable bonds is 3. The molecule has 0 radical (unpaired) electrons. The van der Waals surface area contributed by atoms with Crippen molar-refractivity contribution in [1.29, 1.82) is 0 Å². The van der Waals surface area contributed by atoms with Gasteiger partial charge in [0.2, 0.25) is 5.88 Å². The van der Waals surface area contributed by atoms with Gasteiger partial charge in [-0.2, -0.15) is 4.37 Å². The Morgan fingerprint density at radius 1 is 1.67 bits per heavy atom. The van der Waals surface area contributed by atoms with Gasteiger partial charge in [-0.1, -0.05) is 0 Å². The van der Waals surface area contributed by atoms with Crippen LogP contribution in [0.25, 0.3) is 0 Å². The second-order valence-corrected chi connectivity index (χ2v) is 2.96. The number of methoxy groups -OCH3 is 1.